The highest BCUT2D eigenvalue weighted by molar-refractivity contribution is 7.14. The summed E-state index contributed by atoms with van der Waals surface area (Å²) in [6.07, 6.45) is 0.490. The molecule has 0 fully saturated rings. The van der Waals surface area contributed by atoms with Crippen LogP contribution in [-0.4, -0.2) is 40.1 Å². The molecule has 0 saturated heterocycles. The second-order valence-electron chi connectivity index (χ2n) is 7.17. The number of rotatable bonds is 8. The van der Waals surface area contributed by atoms with Crippen LogP contribution in [0.1, 0.15) is 46.2 Å². The standard InChI is InChI=1S/C22H20N4O5S/c1-13(27)23-11-14-8-9-18(31-14)17-12-32-22(24-17)25-19(28)7-4-10-26-20(29)15-5-2-3-6-16(15)21(26)30/h2-3,5-6,8-9,12H,4,7,10-11H2,1H3,(H,23,27)(H,24,25,28). The molecule has 2 N–H and O–H groups in total. The van der Waals surface area contributed by atoms with Crippen molar-refractivity contribution >= 4 is 40.1 Å². The Morgan fingerprint density at radius 2 is 1.81 bits per heavy atom. The highest BCUT2D eigenvalue weighted by Crippen LogP contribution is 2.27. The van der Waals surface area contributed by atoms with Crippen molar-refractivity contribution in [3.8, 4) is 11.5 Å². The third kappa shape index (κ3) is 4.59. The number of nitrogens with zero attached hydrogens (tertiary/aromatic N) is 2. The Balaban J connectivity index is 1.27. The summed E-state index contributed by atoms with van der Waals surface area (Å²) in [7, 11) is 0. The van der Waals surface area contributed by atoms with Gasteiger partial charge in [-0.3, -0.25) is 24.1 Å². The number of imide groups is 1. The first-order valence-corrected chi connectivity index (χ1v) is 10.8. The zero-order valence-electron chi connectivity index (χ0n) is 17.2. The van der Waals surface area contributed by atoms with Crippen molar-refractivity contribution < 1.29 is 23.6 Å². The van der Waals surface area contributed by atoms with Gasteiger partial charge in [-0.1, -0.05) is 12.1 Å². The number of benzene rings is 1. The van der Waals surface area contributed by atoms with E-state index in [1.165, 1.54) is 23.2 Å². The molecule has 4 amide bonds. The van der Waals surface area contributed by atoms with Crippen LogP contribution in [0.4, 0.5) is 5.13 Å². The summed E-state index contributed by atoms with van der Waals surface area (Å²) in [6.45, 7) is 1.89. The summed E-state index contributed by atoms with van der Waals surface area (Å²) in [5.74, 6) is 0.0753. The molecular formula is C22H20N4O5S. The first-order chi connectivity index (χ1) is 15.4. The number of anilines is 1. The van der Waals surface area contributed by atoms with Crippen LogP contribution in [0.15, 0.2) is 46.2 Å². The van der Waals surface area contributed by atoms with E-state index >= 15 is 0 Å². The Morgan fingerprint density at radius 3 is 2.50 bits per heavy atom. The molecule has 1 aliphatic rings. The van der Waals surface area contributed by atoms with Gasteiger partial charge in [-0.25, -0.2) is 4.98 Å². The quantitative estimate of drug-likeness (QED) is 0.507. The minimum atomic E-state index is -0.327. The largest absolute Gasteiger partial charge is 0.458 e. The number of hydrogen-bond donors (Lipinski definition) is 2. The molecule has 0 saturated carbocycles. The van der Waals surface area contributed by atoms with Gasteiger partial charge < -0.3 is 15.1 Å². The van der Waals surface area contributed by atoms with E-state index in [4.69, 9.17) is 4.42 Å². The number of furan rings is 1. The average Bonchev–Trinajstić information content (AvgIpc) is 3.48. The lowest BCUT2D eigenvalue weighted by Gasteiger charge is -2.13. The van der Waals surface area contributed by atoms with Crippen molar-refractivity contribution in [2.75, 3.05) is 11.9 Å². The van der Waals surface area contributed by atoms with Gasteiger partial charge in [0.25, 0.3) is 11.8 Å². The smallest absolute Gasteiger partial charge is 0.261 e. The lowest BCUT2D eigenvalue weighted by atomic mass is 10.1. The summed E-state index contributed by atoms with van der Waals surface area (Å²) in [4.78, 5) is 53.5. The second-order valence-corrected chi connectivity index (χ2v) is 8.03. The zero-order valence-corrected chi connectivity index (χ0v) is 18.0. The third-order valence-corrected chi connectivity index (χ3v) is 5.60. The predicted molar refractivity (Wildman–Crippen MR) is 117 cm³/mol. The first kappa shape index (κ1) is 21.4. The predicted octanol–water partition coefficient (Wildman–Crippen LogP) is 3.05. The van der Waals surface area contributed by atoms with Crippen LogP contribution in [-0.2, 0) is 16.1 Å². The number of thiazole rings is 1. The Morgan fingerprint density at radius 1 is 1.09 bits per heavy atom. The van der Waals surface area contributed by atoms with E-state index in [1.54, 1.807) is 41.8 Å². The number of nitrogens with one attached hydrogen (secondary N) is 2. The lowest BCUT2D eigenvalue weighted by molar-refractivity contribution is -0.119. The van der Waals surface area contributed by atoms with Crippen molar-refractivity contribution in [3.05, 3.63) is 58.7 Å². The fourth-order valence-corrected chi connectivity index (χ4v) is 4.00. The number of aromatic nitrogens is 1. The first-order valence-electron chi connectivity index (χ1n) is 9.96. The maximum Gasteiger partial charge on any atom is 0.261 e. The van der Waals surface area contributed by atoms with Gasteiger partial charge in [0.15, 0.2) is 10.9 Å². The number of fused-ring (bicyclic) bond motifs is 1. The van der Waals surface area contributed by atoms with Gasteiger partial charge in [-0.15, -0.1) is 11.3 Å². The summed E-state index contributed by atoms with van der Waals surface area (Å²) in [5, 5.41) is 7.56. The van der Waals surface area contributed by atoms with Gasteiger partial charge in [-0.2, -0.15) is 0 Å². The normalized spacial score (nSPS) is 12.7. The van der Waals surface area contributed by atoms with Gasteiger partial charge in [-0.05, 0) is 30.7 Å². The third-order valence-electron chi connectivity index (χ3n) is 4.84. The highest BCUT2D eigenvalue weighted by Gasteiger charge is 2.34. The molecule has 0 aliphatic carbocycles. The number of carbonyl (C=O) groups is 4. The Hall–Kier alpha value is -3.79. The monoisotopic (exact) mass is 452 g/mol. The van der Waals surface area contributed by atoms with E-state index in [-0.39, 0.29) is 43.1 Å². The number of hydrogen-bond acceptors (Lipinski definition) is 7. The van der Waals surface area contributed by atoms with Crippen LogP contribution < -0.4 is 10.6 Å². The van der Waals surface area contributed by atoms with Crippen LogP contribution in [0, 0.1) is 0 Å². The van der Waals surface area contributed by atoms with Crippen LogP contribution in [0.25, 0.3) is 11.5 Å². The molecule has 0 atom stereocenters. The maximum atomic E-state index is 12.4. The van der Waals surface area contributed by atoms with E-state index in [9.17, 15) is 19.2 Å². The fraction of sp³-hybridized carbons (Fsp3) is 0.227. The lowest BCUT2D eigenvalue weighted by Crippen LogP contribution is -2.31. The summed E-state index contributed by atoms with van der Waals surface area (Å²) in [5.41, 5.74) is 1.37. The molecule has 0 unspecified atom stereocenters. The van der Waals surface area contributed by atoms with Crippen LogP contribution in [0.2, 0.25) is 0 Å². The molecule has 164 valence electrons. The van der Waals surface area contributed by atoms with E-state index in [0.29, 0.717) is 39.9 Å². The maximum absolute atomic E-state index is 12.4. The topological polar surface area (TPSA) is 122 Å². The minimum absolute atomic E-state index is 0.143. The number of carbonyl (C=O) groups excluding carboxylic acids is 4. The molecule has 9 nitrogen and oxygen atoms in total. The molecule has 3 heterocycles. The van der Waals surface area contributed by atoms with E-state index < -0.39 is 0 Å². The van der Waals surface area contributed by atoms with E-state index in [0.717, 1.165) is 0 Å². The van der Waals surface area contributed by atoms with Crippen molar-refractivity contribution in [3.63, 3.8) is 0 Å². The molecule has 0 bridgehead atoms. The second kappa shape index (κ2) is 9.15. The molecular weight excluding hydrogens is 432 g/mol. The van der Waals surface area contributed by atoms with Crippen molar-refractivity contribution in [2.45, 2.75) is 26.3 Å². The van der Waals surface area contributed by atoms with Crippen molar-refractivity contribution in [1.29, 1.82) is 0 Å². The summed E-state index contributed by atoms with van der Waals surface area (Å²) < 4.78 is 5.65. The molecule has 0 spiro atoms. The molecule has 1 aliphatic heterocycles. The fourth-order valence-electron chi connectivity index (χ4n) is 3.29. The Labute approximate surface area is 187 Å². The molecule has 1 aromatic carbocycles. The molecule has 32 heavy (non-hydrogen) atoms. The van der Waals surface area contributed by atoms with E-state index in [1.807, 2.05) is 0 Å². The van der Waals surface area contributed by atoms with Gasteiger partial charge in [0.05, 0.1) is 17.7 Å². The highest BCUT2D eigenvalue weighted by atomic mass is 32.1. The van der Waals surface area contributed by atoms with Crippen LogP contribution in [0.5, 0.6) is 0 Å². The Kier molecular flexibility index (Phi) is 6.13. The SMILES string of the molecule is CC(=O)NCc1ccc(-c2csc(NC(=O)CCCN3C(=O)c4ccccc4C3=O)n2)o1. The van der Waals surface area contributed by atoms with Crippen molar-refractivity contribution in [2.24, 2.45) is 0 Å². The van der Waals surface area contributed by atoms with Gasteiger partial charge >= 0.3 is 0 Å². The van der Waals surface area contributed by atoms with Gasteiger partial charge in [0.2, 0.25) is 11.8 Å². The molecule has 0 radical (unpaired) electrons. The van der Waals surface area contributed by atoms with Gasteiger partial charge in [0.1, 0.15) is 11.5 Å². The molecule has 3 aromatic rings. The minimum Gasteiger partial charge on any atom is -0.458 e. The van der Waals surface area contributed by atoms with Crippen LogP contribution >= 0.6 is 11.3 Å². The summed E-state index contributed by atoms with van der Waals surface area (Å²) in [6, 6.07) is 10.2. The summed E-state index contributed by atoms with van der Waals surface area (Å²) >= 11 is 1.26. The van der Waals surface area contributed by atoms with Crippen molar-refractivity contribution in [1.82, 2.24) is 15.2 Å². The van der Waals surface area contributed by atoms with E-state index in [2.05, 4.69) is 15.6 Å². The molecule has 10 heteroatoms. The zero-order chi connectivity index (χ0) is 22.7. The average molecular weight is 452 g/mol. The number of amides is 4. The van der Waals surface area contributed by atoms with Gasteiger partial charge in [0, 0.05) is 25.3 Å². The molecule has 4 rings (SSSR count). The molecule has 2 aromatic heterocycles. The Bertz CT molecular complexity index is 1160. The van der Waals surface area contributed by atoms with Crippen LogP contribution in [0.3, 0.4) is 0 Å².